The molecular formula is C23H19N5O. The Balaban J connectivity index is 1.58. The van der Waals surface area contributed by atoms with Crippen molar-refractivity contribution in [2.45, 2.75) is 6.54 Å². The van der Waals surface area contributed by atoms with Gasteiger partial charge in [0, 0.05) is 35.3 Å². The summed E-state index contributed by atoms with van der Waals surface area (Å²) < 4.78 is 1.88. The number of carbonyl (C=O) groups excluding carboxylic acids is 1. The third kappa shape index (κ3) is 4.62. The zero-order valence-corrected chi connectivity index (χ0v) is 15.6. The van der Waals surface area contributed by atoms with E-state index >= 15 is 0 Å². The Bertz CT molecular complexity index is 1110. The second kappa shape index (κ2) is 8.75. The second-order valence-corrected chi connectivity index (χ2v) is 6.42. The van der Waals surface area contributed by atoms with Crippen LogP contribution in [0.2, 0.25) is 0 Å². The average molecular weight is 381 g/mol. The quantitative estimate of drug-likeness (QED) is 0.408. The molecule has 1 N–H and O–H groups in total. The molecule has 0 saturated carbocycles. The predicted octanol–water partition coefficient (Wildman–Crippen LogP) is 3.76. The van der Waals surface area contributed by atoms with E-state index in [0.717, 1.165) is 22.4 Å². The van der Waals surface area contributed by atoms with Crippen LogP contribution in [0.3, 0.4) is 0 Å². The zero-order valence-electron chi connectivity index (χ0n) is 15.6. The first-order valence-corrected chi connectivity index (χ1v) is 9.20. The Morgan fingerprint density at radius 3 is 2.38 bits per heavy atom. The van der Waals surface area contributed by atoms with Crippen LogP contribution < -0.4 is 5.43 Å². The van der Waals surface area contributed by atoms with Gasteiger partial charge in [0.15, 0.2) is 0 Å². The maximum absolute atomic E-state index is 12.2. The first-order chi connectivity index (χ1) is 14.3. The van der Waals surface area contributed by atoms with Gasteiger partial charge in [-0.2, -0.15) is 10.2 Å². The first-order valence-electron chi connectivity index (χ1n) is 9.20. The van der Waals surface area contributed by atoms with E-state index in [4.69, 9.17) is 5.10 Å². The van der Waals surface area contributed by atoms with E-state index in [-0.39, 0.29) is 5.91 Å². The minimum absolute atomic E-state index is 0.290. The lowest BCUT2D eigenvalue weighted by molar-refractivity contribution is 0.0955. The number of rotatable bonds is 6. The number of carbonyl (C=O) groups is 1. The molecule has 0 aliphatic carbocycles. The summed E-state index contributed by atoms with van der Waals surface area (Å²) in [7, 11) is 0. The molecule has 0 aliphatic heterocycles. The fraction of sp³-hybridized carbons (Fsp3) is 0.0435. The predicted molar refractivity (Wildman–Crippen MR) is 113 cm³/mol. The van der Waals surface area contributed by atoms with Gasteiger partial charge in [0.1, 0.15) is 5.69 Å². The number of hydrogen-bond acceptors (Lipinski definition) is 4. The van der Waals surface area contributed by atoms with E-state index < -0.39 is 0 Å². The smallest absolute Gasteiger partial charge is 0.267 e. The van der Waals surface area contributed by atoms with Crippen LogP contribution >= 0.6 is 0 Å². The lowest BCUT2D eigenvalue weighted by atomic mass is 10.1. The van der Waals surface area contributed by atoms with Crippen molar-refractivity contribution < 1.29 is 4.79 Å². The van der Waals surface area contributed by atoms with Crippen molar-refractivity contribution in [2.24, 2.45) is 5.10 Å². The number of benzene rings is 2. The van der Waals surface area contributed by atoms with Crippen molar-refractivity contribution in [2.75, 3.05) is 0 Å². The highest BCUT2D eigenvalue weighted by molar-refractivity contribution is 5.95. The van der Waals surface area contributed by atoms with Gasteiger partial charge in [-0.3, -0.25) is 14.5 Å². The van der Waals surface area contributed by atoms with Gasteiger partial charge in [-0.05, 0) is 17.7 Å². The summed E-state index contributed by atoms with van der Waals surface area (Å²) in [5.74, 6) is -0.290. The molecule has 0 radical (unpaired) electrons. The van der Waals surface area contributed by atoms with Crippen molar-refractivity contribution in [1.82, 2.24) is 20.2 Å². The minimum atomic E-state index is -0.290. The molecular weight excluding hydrogens is 362 g/mol. The summed E-state index contributed by atoms with van der Waals surface area (Å²) >= 11 is 0. The fourth-order valence-corrected chi connectivity index (χ4v) is 2.93. The molecule has 0 bridgehead atoms. The minimum Gasteiger partial charge on any atom is -0.267 e. The van der Waals surface area contributed by atoms with Crippen molar-refractivity contribution in [3.05, 3.63) is 108 Å². The second-order valence-electron chi connectivity index (χ2n) is 6.42. The number of pyridine rings is 1. The normalized spacial score (nSPS) is 10.9. The van der Waals surface area contributed by atoms with E-state index in [9.17, 15) is 4.79 Å². The van der Waals surface area contributed by atoms with Crippen LogP contribution in [-0.2, 0) is 6.54 Å². The molecule has 142 valence electrons. The van der Waals surface area contributed by atoms with Gasteiger partial charge in [-0.25, -0.2) is 5.43 Å². The topological polar surface area (TPSA) is 72.2 Å². The summed E-state index contributed by atoms with van der Waals surface area (Å²) in [6.07, 6.45) is 6.69. The molecule has 2 aromatic heterocycles. The van der Waals surface area contributed by atoms with Crippen LogP contribution in [0.5, 0.6) is 0 Å². The molecule has 2 aromatic carbocycles. The van der Waals surface area contributed by atoms with Gasteiger partial charge in [0.2, 0.25) is 0 Å². The molecule has 0 spiro atoms. The number of amides is 1. The Morgan fingerprint density at radius 2 is 1.66 bits per heavy atom. The van der Waals surface area contributed by atoms with Gasteiger partial charge in [-0.1, -0.05) is 60.7 Å². The number of hydrazone groups is 1. The van der Waals surface area contributed by atoms with E-state index in [1.165, 1.54) is 0 Å². The highest BCUT2D eigenvalue weighted by Crippen LogP contribution is 2.21. The van der Waals surface area contributed by atoms with Crippen LogP contribution in [0.25, 0.3) is 11.3 Å². The zero-order chi connectivity index (χ0) is 19.9. The molecule has 0 fully saturated rings. The maximum atomic E-state index is 12.2. The Labute approximate surface area is 168 Å². The molecule has 0 aliphatic rings. The van der Waals surface area contributed by atoms with E-state index in [1.54, 1.807) is 30.7 Å². The largest absolute Gasteiger partial charge is 0.271 e. The molecule has 4 aromatic rings. The summed E-state index contributed by atoms with van der Waals surface area (Å²) in [6.45, 7) is 0.651. The van der Waals surface area contributed by atoms with Crippen molar-refractivity contribution in [1.29, 1.82) is 0 Å². The molecule has 0 unspecified atom stereocenters. The van der Waals surface area contributed by atoms with Crippen LogP contribution in [-0.4, -0.2) is 26.9 Å². The summed E-state index contributed by atoms with van der Waals surface area (Å²) in [6, 6.07) is 23.3. The molecule has 0 atom stereocenters. The van der Waals surface area contributed by atoms with Crippen molar-refractivity contribution in [3.63, 3.8) is 0 Å². The van der Waals surface area contributed by atoms with Crippen LogP contribution in [0, 0.1) is 0 Å². The Kier molecular flexibility index (Phi) is 5.53. The third-order valence-electron chi connectivity index (χ3n) is 4.34. The summed E-state index contributed by atoms with van der Waals surface area (Å²) in [4.78, 5) is 16.1. The molecule has 6 nitrogen and oxygen atoms in total. The molecule has 29 heavy (non-hydrogen) atoms. The van der Waals surface area contributed by atoms with E-state index in [1.807, 2.05) is 59.4 Å². The first kappa shape index (κ1) is 18.3. The maximum Gasteiger partial charge on any atom is 0.271 e. The van der Waals surface area contributed by atoms with Crippen molar-refractivity contribution in [3.8, 4) is 11.3 Å². The molecule has 1 amide bonds. The van der Waals surface area contributed by atoms with Gasteiger partial charge in [-0.15, -0.1) is 0 Å². The monoisotopic (exact) mass is 381 g/mol. The number of hydrogen-bond donors (Lipinski definition) is 1. The fourth-order valence-electron chi connectivity index (χ4n) is 2.93. The van der Waals surface area contributed by atoms with Crippen LogP contribution in [0.15, 0.2) is 96.5 Å². The number of aromatic nitrogens is 3. The lowest BCUT2D eigenvalue weighted by Crippen LogP contribution is -2.17. The lowest BCUT2D eigenvalue weighted by Gasteiger charge is -2.01. The van der Waals surface area contributed by atoms with E-state index in [2.05, 4.69) is 27.6 Å². The summed E-state index contributed by atoms with van der Waals surface area (Å²) in [5.41, 5.74) is 6.82. The molecule has 4 rings (SSSR count). The SMILES string of the molecule is O=C(N/N=C/c1cn(Cc2ccccc2)nc1-c1ccccc1)c1ccncc1. The highest BCUT2D eigenvalue weighted by Gasteiger charge is 2.10. The van der Waals surface area contributed by atoms with Crippen LogP contribution in [0.1, 0.15) is 21.5 Å². The van der Waals surface area contributed by atoms with E-state index in [0.29, 0.717) is 12.1 Å². The van der Waals surface area contributed by atoms with Crippen molar-refractivity contribution >= 4 is 12.1 Å². The average Bonchev–Trinajstić information content (AvgIpc) is 3.18. The Hall–Kier alpha value is -4.06. The number of nitrogens with zero attached hydrogens (tertiary/aromatic N) is 4. The third-order valence-corrected chi connectivity index (χ3v) is 4.34. The van der Waals surface area contributed by atoms with Gasteiger partial charge < -0.3 is 0 Å². The highest BCUT2D eigenvalue weighted by atomic mass is 16.2. The standard InChI is InChI=1S/C23H19N5O/c29-23(20-11-13-24-14-12-20)26-25-15-21-17-28(16-18-7-3-1-4-8-18)27-22(21)19-9-5-2-6-10-19/h1-15,17H,16H2,(H,26,29)/b25-15+. The Morgan fingerprint density at radius 1 is 0.966 bits per heavy atom. The number of nitrogens with one attached hydrogen (secondary N) is 1. The summed E-state index contributed by atoms with van der Waals surface area (Å²) in [5, 5.41) is 8.86. The molecule has 6 heteroatoms. The van der Waals surface area contributed by atoms with Gasteiger partial charge >= 0.3 is 0 Å². The van der Waals surface area contributed by atoms with Gasteiger partial charge in [0.25, 0.3) is 5.91 Å². The molecule has 0 saturated heterocycles. The molecule has 2 heterocycles. The van der Waals surface area contributed by atoms with Gasteiger partial charge in [0.05, 0.1) is 12.8 Å². The van der Waals surface area contributed by atoms with Crippen LogP contribution in [0.4, 0.5) is 0 Å².